The van der Waals surface area contributed by atoms with Gasteiger partial charge in [0.05, 0.1) is 25.8 Å². The van der Waals surface area contributed by atoms with Gasteiger partial charge in [0.1, 0.15) is 16.4 Å². The maximum absolute atomic E-state index is 13.2. The summed E-state index contributed by atoms with van der Waals surface area (Å²) in [4.78, 5) is 26.8. The van der Waals surface area contributed by atoms with E-state index in [1.54, 1.807) is 29.4 Å². The molecular weight excluding hydrogens is 434 g/mol. The second-order valence-electron chi connectivity index (χ2n) is 8.07. The second-order valence-corrected chi connectivity index (χ2v) is 9.98. The minimum Gasteiger partial charge on any atom is -0.495 e. The molecule has 2 aliphatic rings. The van der Waals surface area contributed by atoms with Crippen molar-refractivity contribution in [3.63, 3.8) is 0 Å². The molecule has 2 aliphatic heterocycles. The minimum atomic E-state index is -3.74. The van der Waals surface area contributed by atoms with Crippen molar-refractivity contribution in [3.8, 4) is 5.75 Å². The molecule has 3 heterocycles. The fourth-order valence-electron chi connectivity index (χ4n) is 4.14. The van der Waals surface area contributed by atoms with E-state index in [4.69, 9.17) is 9.15 Å². The fraction of sp³-hybridized carbons (Fsp3) is 0.455. The molecule has 2 aromatic rings. The van der Waals surface area contributed by atoms with Gasteiger partial charge in [-0.15, -0.1) is 0 Å². The molecule has 1 atom stereocenters. The summed E-state index contributed by atoms with van der Waals surface area (Å²) in [5.41, 5.74) is 0.350. The van der Waals surface area contributed by atoms with E-state index in [1.807, 2.05) is 0 Å². The van der Waals surface area contributed by atoms with E-state index in [0.717, 1.165) is 19.3 Å². The number of likely N-dealkylation sites (tertiary alicyclic amines) is 1. The Morgan fingerprint density at radius 3 is 2.69 bits per heavy atom. The molecule has 172 valence electrons. The van der Waals surface area contributed by atoms with Gasteiger partial charge in [0.2, 0.25) is 21.8 Å². The number of carbonyl (C=O) groups excluding carboxylic acids is 2. The molecule has 0 spiro atoms. The maximum atomic E-state index is 13.2. The van der Waals surface area contributed by atoms with Crippen molar-refractivity contribution < 1.29 is 27.2 Å². The molecule has 10 heteroatoms. The summed E-state index contributed by atoms with van der Waals surface area (Å²) in [6, 6.07) is 8.10. The van der Waals surface area contributed by atoms with Crippen LogP contribution in [-0.4, -0.2) is 56.2 Å². The monoisotopic (exact) mass is 461 g/mol. The van der Waals surface area contributed by atoms with Gasteiger partial charge in [0.25, 0.3) is 0 Å². The molecule has 0 aliphatic carbocycles. The molecule has 0 saturated carbocycles. The number of ether oxygens (including phenoxy) is 1. The molecule has 2 amide bonds. The number of furan rings is 1. The van der Waals surface area contributed by atoms with Crippen LogP contribution in [0.3, 0.4) is 0 Å². The number of sulfonamides is 1. The molecule has 2 fully saturated rings. The normalized spacial score (nSPS) is 19.8. The summed E-state index contributed by atoms with van der Waals surface area (Å²) in [5.74, 6) is -0.0884. The van der Waals surface area contributed by atoms with Crippen LogP contribution in [0.1, 0.15) is 31.4 Å². The molecule has 9 nitrogen and oxygen atoms in total. The van der Waals surface area contributed by atoms with Gasteiger partial charge in [0, 0.05) is 31.7 Å². The molecule has 1 N–H and O–H groups in total. The first-order valence-electron chi connectivity index (χ1n) is 10.7. The van der Waals surface area contributed by atoms with Gasteiger partial charge in [-0.2, -0.15) is 4.31 Å². The predicted octanol–water partition coefficient (Wildman–Crippen LogP) is 2.45. The summed E-state index contributed by atoms with van der Waals surface area (Å²) < 4.78 is 38.4. The average molecular weight is 462 g/mol. The van der Waals surface area contributed by atoms with Crippen molar-refractivity contribution in [2.45, 2.75) is 37.1 Å². The zero-order valence-electron chi connectivity index (χ0n) is 18.0. The number of piperidine rings is 1. The SMILES string of the molecule is COc1ccc(NC(=O)[C@H]2CC(=O)N(Cc3ccco3)C2)cc1S(=O)(=O)N1CCCCC1. The van der Waals surface area contributed by atoms with Crippen molar-refractivity contribution >= 4 is 27.5 Å². The number of carbonyl (C=O) groups is 2. The summed E-state index contributed by atoms with van der Waals surface area (Å²) in [7, 11) is -2.33. The zero-order valence-corrected chi connectivity index (χ0v) is 18.8. The Morgan fingerprint density at radius 2 is 2.00 bits per heavy atom. The van der Waals surface area contributed by atoms with Crippen LogP contribution in [0.25, 0.3) is 0 Å². The molecule has 0 unspecified atom stereocenters. The minimum absolute atomic E-state index is 0.0293. The van der Waals surface area contributed by atoms with Crippen LogP contribution in [0.2, 0.25) is 0 Å². The van der Waals surface area contributed by atoms with Gasteiger partial charge in [-0.1, -0.05) is 6.42 Å². The third-order valence-electron chi connectivity index (χ3n) is 5.88. The van der Waals surface area contributed by atoms with Crippen LogP contribution < -0.4 is 10.1 Å². The highest BCUT2D eigenvalue weighted by atomic mass is 32.2. The van der Waals surface area contributed by atoms with Gasteiger partial charge in [0.15, 0.2) is 0 Å². The number of nitrogens with one attached hydrogen (secondary N) is 1. The fourth-order valence-corrected chi connectivity index (χ4v) is 5.83. The van der Waals surface area contributed by atoms with E-state index in [2.05, 4.69) is 5.32 Å². The lowest BCUT2D eigenvalue weighted by atomic mass is 10.1. The van der Waals surface area contributed by atoms with Crippen molar-refractivity contribution in [2.24, 2.45) is 5.92 Å². The van der Waals surface area contributed by atoms with Crippen LogP contribution in [-0.2, 0) is 26.2 Å². The molecule has 4 rings (SSSR count). The Labute approximate surface area is 187 Å². The number of hydrogen-bond acceptors (Lipinski definition) is 6. The third-order valence-corrected chi connectivity index (χ3v) is 7.80. The lowest BCUT2D eigenvalue weighted by Gasteiger charge is -2.26. The summed E-state index contributed by atoms with van der Waals surface area (Å²) in [6.07, 6.45) is 4.29. The average Bonchev–Trinajstić information content (AvgIpc) is 3.44. The first-order valence-corrected chi connectivity index (χ1v) is 12.1. The standard InChI is InChI=1S/C22H27N3O6S/c1-30-19-8-7-17(13-20(19)32(28,29)25-9-3-2-4-10-25)23-22(27)16-12-21(26)24(14-16)15-18-6-5-11-31-18/h5-8,11,13,16H,2-4,9-10,12,14-15H2,1H3,(H,23,27)/t16-/m0/s1. The van der Waals surface area contributed by atoms with Gasteiger partial charge in [-0.05, 0) is 43.2 Å². The number of rotatable bonds is 7. The van der Waals surface area contributed by atoms with Crippen LogP contribution in [0.4, 0.5) is 5.69 Å². The van der Waals surface area contributed by atoms with Gasteiger partial charge >= 0.3 is 0 Å². The van der Waals surface area contributed by atoms with E-state index >= 15 is 0 Å². The molecular formula is C22H27N3O6S. The summed E-state index contributed by atoms with van der Waals surface area (Å²) in [5, 5.41) is 2.77. The first-order chi connectivity index (χ1) is 15.4. The molecule has 32 heavy (non-hydrogen) atoms. The lowest BCUT2D eigenvalue weighted by molar-refractivity contribution is -0.128. The Balaban J connectivity index is 1.48. The molecule has 1 aromatic heterocycles. The highest BCUT2D eigenvalue weighted by molar-refractivity contribution is 7.89. The van der Waals surface area contributed by atoms with Crippen LogP contribution in [0.15, 0.2) is 45.9 Å². The van der Waals surface area contributed by atoms with Crippen molar-refractivity contribution in [1.82, 2.24) is 9.21 Å². The Bertz CT molecular complexity index is 1080. The molecule has 0 bridgehead atoms. The van der Waals surface area contributed by atoms with E-state index in [0.29, 0.717) is 31.1 Å². The van der Waals surface area contributed by atoms with Crippen molar-refractivity contribution in [2.75, 3.05) is 32.1 Å². The van der Waals surface area contributed by atoms with Crippen LogP contribution >= 0.6 is 0 Å². The highest BCUT2D eigenvalue weighted by Gasteiger charge is 2.35. The number of methoxy groups -OCH3 is 1. The van der Waals surface area contributed by atoms with Crippen LogP contribution in [0.5, 0.6) is 5.75 Å². The topological polar surface area (TPSA) is 109 Å². The van der Waals surface area contributed by atoms with Gasteiger partial charge in [-0.3, -0.25) is 9.59 Å². The predicted molar refractivity (Wildman–Crippen MR) is 116 cm³/mol. The van der Waals surface area contributed by atoms with E-state index in [1.165, 1.54) is 23.5 Å². The highest BCUT2D eigenvalue weighted by Crippen LogP contribution is 2.31. The lowest BCUT2D eigenvalue weighted by Crippen LogP contribution is -2.35. The second kappa shape index (κ2) is 9.33. The molecule has 2 saturated heterocycles. The van der Waals surface area contributed by atoms with E-state index < -0.39 is 15.9 Å². The number of anilines is 1. The smallest absolute Gasteiger partial charge is 0.246 e. The van der Waals surface area contributed by atoms with Crippen molar-refractivity contribution in [3.05, 3.63) is 42.4 Å². The third kappa shape index (κ3) is 4.66. The largest absolute Gasteiger partial charge is 0.495 e. The summed E-state index contributed by atoms with van der Waals surface area (Å²) >= 11 is 0. The number of benzene rings is 1. The van der Waals surface area contributed by atoms with E-state index in [-0.39, 0.29) is 35.4 Å². The van der Waals surface area contributed by atoms with Gasteiger partial charge in [-0.25, -0.2) is 8.42 Å². The zero-order chi connectivity index (χ0) is 22.7. The quantitative estimate of drug-likeness (QED) is 0.678. The Morgan fingerprint density at radius 1 is 1.22 bits per heavy atom. The number of hydrogen-bond donors (Lipinski definition) is 1. The van der Waals surface area contributed by atoms with Crippen LogP contribution in [0, 0.1) is 5.92 Å². The Kier molecular flexibility index (Phi) is 6.52. The van der Waals surface area contributed by atoms with E-state index in [9.17, 15) is 18.0 Å². The van der Waals surface area contributed by atoms with Crippen molar-refractivity contribution in [1.29, 1.82) is 0 Å². The first kappa shape index (κ1) is 22.3. The summed E-state index contributed by atoms with van der Waals surface area (Å²) in [6.45, 7) is 1.53. The van der Waals surface area contributed by atoms with Gasteiger partial charge < -0.3 is 19.4 Å². The number of nitrogens with zero attached hydrogens (tertiary/aromatic N) is 2. The Hall–Kier alpha value is -2.85. The molecule has 1 aromatic carbocycles. The number of amides is 2. The maximum Gasteiger partial charge on any atom is 0.246 e. The molecule has 0 radical (unpaired) electrons.